The number of rotatable bonds is 8. The van der Waals surface area contributed by atoms with Gasteiger partial charge in [-0.3, -0.25) is 0 Å². The number of nitrogens with one attached hydrogen (secondary N) is 3. The highest BCUT2D eigenvalue weighted by Crippen LogP contribution is 2.67. The van der Waals surface area contributed by atoms with Crippen LogP contribution in [-0.4, -0.2) is 11.4 Å². The second kappa shape index (κ2) is 9.81. The van der Waals surface area contributed by atoms with Crippen LogP contribution in [0, 0.1) is 26.7 Å². The van der Waals surface area contributed by atoms with Crippen molar-refractivity contribution < 1.29 is 0 Å². The Bertz CT molecular complexity index is 1290. The van der Waals surface area contributed by atoms with Crippen molar-refractivity contribution in [1.82, 2.24) is 0 Å². The maximum atomic E-state index is 6.72. The Balaban J connectivity index is 1.51. The van der Waals surface area contributed by atoms with Gasteiger partial charge in [-0.15, -0.1) is 23.2 Å². The van der Waals surface area contributed by atoms with Gasteiger partial charge in [-0.2, -0.15) is 0 Å². The van der Waals surface area contributed by atoms with E-state index in [1.807, 2.05) is 44.3 Å². The van der Waals surface area contributed by atoms with Gasteiger partial charge in [-0.25, -0.2) is 0 Å². The molecule has 6 heteroatoms. The van der Waals surface area contributed by atoms with E-state index in [9.17, 15) is 0 Å². The van der Waals surface area contributed by atoms with E-state index in [2.05, 4.69) is 67.2 Å². The lowest BCUT2D eigenvalue weighted by Crippen LogP contribution is -2.06. The molecule has 3 N–H and O–H groups in total. The highest BCUT2D eigenvalue weighted by molar-refractivity contribution is 6.52. The molecule has 0 radical (unpaired) electrons. The van der Waals surface area contributed by atoms with E-state index in [0.717, 1.165) is 39.4 Å². The molecule has 2 unspecified atom stereocenters. The van der Waals surface area contributed by atoms with Crippen LogP contribution in [0.1, 0.15) is 33.7 Å². The zero-order valence-corrected chi connectivity index (χ0v) is 22.7. The highest BCUT2D eigenvalue weighted by Gasteiger charge is 2.65. The number of hydrogen-bond donors (Lipinski definition) is 3. The summed E-state index contributed by atoms with van der Waals surface area (Å²) in [5.74, 6) is -0.128. The van der Waals surface area contributed by atoms with E-state index < -0.39 is 4.33 Å². The first-order chi connectivity index (χ1) is 16.5. The Labute approximate surface area is 223 Å². The summed E-state index contributed by atoms with van der Waals surface area (Å²) in [4.78, 5) is 0. The van der Waals surface area contributed by atoms with Gasteiger partial charge in [0.25, 0.3) is 0 Å². The number of halogens is 3. The summed E-state index contributed by atoms with van der Waals surface area (Å²) < 4.78 is -0.901. The molecule has 4 rings (SSSR count). The average Bonchev–Trinajstić information content (AvgIpc) is 3.37. The van der Waals surface area contributed by atoms with Crippen molar-refractivity contribution in [3.8, 4) is 0 Å². The first-order valence-corrected chi connectivity index (χ1v) is 12.6. The number of alkyl halides is 2. The molecule has 1 aliphatic rings. The molecule has 3 aromatic carbocycles. The van der Waals surface area contributed by atoms with Crippen LogP contribution in [0.3, 0.4) is 0 Å². The lowest BCUT2D eigenvalue weighted by Gasteiger charge is -2.16. The summed E-state index contributed by atoms with van der Waals surface area (Å²) in [5.41, 5.74) is 9.75. The minimum atomic E-state index is -0.901. The van der Waals surface area contributed by atoms with E-state index in [0.29, 0.717) is 10.7 Å². The van der Waals surface area contributed by atoms with Crippen LogP contribution >= 0.6 is 34.8 Å². The maximum absolute atomic E-state index is 6.72. The number of aryl methyl sites for hydroxylation is 3. The van der Waals surface area contributed by atoms with Crippen LogP contribution in [0.2, 0.25) is 5.02 Å². The predicted molar refractivity (Wildman–Crippen MR) is 154 cm³/mol. The average molecular weight is 527 g/mol. The fourth-order valence-electron chi connectivity index (χ4n) is 4.65. The predicted octanol–water partition coefficient (Wildman–Crippen LogP) is 8.90. The van der Waals surface area contributed by atoms with Crippen molar-refractivity contribution in [3.05, 3.63) is 106 Å². The third-order valence-electron chi connectivity index (χ3n) is 6.43. The van der Waals surface area contributed by atoms with Crippen molar-refractivity contribution in [2.75, 3.05) is 23.0 Å². The Hall–Kier alpha value is -2.59. The fourth-order valence-corrected chi connectivity index (χ4v) is 5.78. The molecule has 2 atom stereocenters. The summed E-state index contributed by atoms with van der Waals surface area (Å²) in [7, 11) is 1.90. The van der Waals surface area contributed by atoms with Crippen molar-refractivity contribution in [3.63, 3.8) is 0 Å². The highest BCUT2D eigenvalue weighted by atomic mass is 35.5. The Kier molecular flexibility index (Phi) is 7.15. The van der Waals surface area contributed by atoms with Gasteiger partial charge in [0.1, 0.15) is 4.33 Å². The molecule has 3 nitrogen and oxygen atoms in total. The van der Waals surface area contributed by atoms with Gasteiger partial charge in [0.05, 0.1) is 5.02 Å². The first kappa shape index (κ1) is 25.5. The molecule has 35 heavy (non-hydrogen) atoms. The Morgan fingerprint density at radius 3 is 2.14 bits per heavy atom. The lowest BCUT2D eigenvalue weighted by molar-refractivity contribution is 0.944. The molecule has 182 valence electrons. The quantitative estimate of drug-likeness (QED) is 0.256. The molecule has 1 fully saturated rings. The molecule has 0 saturated heterocycles. The zero-order valence-electron chi connectivity index (χ0n) is 20.4. The van der Waals surface area contributed by atoms with Gasteiger partial charge >= 0.3 is 0 Å². The van der Waals surface area contributed by atoms with Gasteiger partial charge < -0.3 is 16.0 Å². The largest absolute Gasteiger partial charge is 0.388 e. The molecule has 0 amide bonds. The molecule has 0 aliphatic heterocycles. The van der Waals surface area contributed by atoms with Crippen molar-refractivity contribution in [2.24, 2.45) is 5.92 Å². The molecular formula is C29H30Cl3N3. The van der Waals surface area contributed by atoms with E-state index >= 15 is 0 Å². The number of anilines is 3. The maximum Gasteiger partial charge on any atom is 0.134 e. The van der Waals surface area contributed by atoms with Crippen LogP contribution < -0.4 is 16.0 Å². The summed E-state index contributed by atoms with van der Waals surface area (Å²) >= 11 is 20.0. The molecule has 1 aliphatic carbocycles. The second-order valence-corrected chi connectivity index (χ2v) is 11.1. The molecule has 0 bridgehead atoms. The standard InChI is InChI=1S/C29H30Cl3N3/c1-16-11-17(2)13-21(12-16)28-27(29(28,31)32)20(5)34-23-7-9-25(30)24(15-23)19(4)35-26-10-8-22(33-6)14-18(26)3/h7-15,27-28,33-35H,4-5H2,1-3,6H3. The van der Waals surface area contributed by atoms with Crippen LogP contribution in [0.25, 0.3) is 5.70 Å². The van der Waals surface area contributed by atoms with Crippen molar-refractivity contribution in [2.45, 2.75) is 31.0 Å². The lowest BCUT2D eigenvalue weighted by atomic mass is 10.0. The van der Waals surface area contributed by atoms with Gasteiger partial charge in [-0.05, 0) is 68.3 Å². The molecule has 1 saturated carbocycles. The Morgan fingerprint density at radius 2 is 1.51 bits per heavy atom. The van der Waals surface area contributed by atoms with Crippen LogP contribution in [0.15, 0.2) is 73.5 Å². The van der Waals surface area contributed by atoms with E-state index in [1.54, 1.807) is 0 Å². The normalized spacial score (nSPS) is 18.0. The minimum absolute atomic E-state index is 0.0172. The van der Waals surface area contributed by atoms with Gasteiger partial charge in [0.2, 0.25) is 0 Å². The summed E-state index contributed by atoms with van der Waals surface area (Å²) in [5, 5.41) is 10.5. The SMILES string of the molecule is C=C(Nc1ccc(NC)cc1C)c1cc(NC(=C)C2C(c3cc(C)cc(C)c3)C2(Cl)Cl)ccc1Cl. The van der Waals surface area contributed by atoms with Gasteiger partial charge in [0, 0.05) is 52.9 Å². The first-order valence-electron chi connectivity index (χ1n) is 11.5. The topological polar surface area (TPSA) is 36.1 Å². The van der Waals surface area contributed by atoms with Gasteiger partial charge in [0.15, 0.2) is 0 Å². The van der Waals surface area contributed by atoms with E-state index in [4.69, 9.17) is 34.8 Å². The fraction of sp³-hybridized carbons (Fsp3) is 0.241. The second-order valence-electron chi connectivity index (χ2n) is 9.28. The zero-order chi connectivity index (χ0) is 25.5. The van der Waals surface area contributed by atoms with E-state index in [1.165, 1.54) is 11.1 Å². The smallest absolute Gasteiger partial charge is 0.134 e. The molecular weight excluding hydrogens is 497 g/mol. The number of allylic oxidation sites excluding steroid dienone is 1. The number of hydrogen-bond acceptors (Lipinski definition) is 3. The van der Waals surface area contributed by atoms with Crippen molar-refractivity contribution >= 4 is 57.6 Å². The van der Waals surface area contributed by atoms with Crippen LogP contribution in [-0.2, 0) is 0 Å². The van der Waals surface area contributed by atoms with Crippen molar-refractivity contribution in [1.29, 1.82) is 0 Å². The molecule has 0 aromatic heterocycles. The third-order valence-corrected chi connectivity index (χ3v) is 7.70. The van der Waals surface area contributed by atoms with Gasteiger partial charge in [-0.1, -0.05) is 54.1 Å². The summed E-state index contributed by atoms with van der Waals surface area (Å²) in [6.45, 7) is 14.7. The Morgan fingerprint density at radius 1 is 0.857 bits per heavy atom. The van der Waals surface area contributed by atoms with E-state index in [-0.39, 0.29) is 11.8 Å². The monoisotopic (exact) mass is 525 g/mol. The molecule has 0 heterocycles. The summed E-state index contributed by atoms with van der Waals surface area (Å²) in [6, 6.07) is 18.3. The van der Waals surface area contributed by atoms with Crippen LogP contribution in [0.4, 0.5) is 17.1 Å². The third kappa shape index (κ3) is 5.33. The molecule has 0 spiro atoms. The molecule has 3 aromatic rings. The van der Waals surface area contributed by atoms with Crippen LogP contribution in [0.5, 0.6) is 0 Å². The minimum Gasteiger partial charge on any atom is -0.388 e. The number of benzene rings is 3. The summed E-state index contributed by atoms with van der Waals surface area (Å²) in [6.07, 6.45) is 0.